The number of rotatable bonds is 10. The number of hydrogen-bond acceptors (Lipinski definition) is 10. The summed E-state index contributed by atoms with van der Waals surface area (Å²) in [5.74, 6) is 3.01. The number of amides is 1. The van der Waals surface area contributed by atoms with E-state index in [0.29, 0.717) is 50.0 Å². The summed E-state index contributed by atoms with van der Waals surface area (Å²) in [6, 6.07) is 11.8. The first kappa shape index (κ1) is 26.7. The molecule has 4 aliphatic rings. The van der Waals surface area contributed by atoms with Crippen LogP contribution in [0.25, 0.3) is 0 Å². The van der Waals surface area contributed by atoms with Gasteiger partial charge in [0.1, 0.15) is 0 Å². The summed E-state index contributed by atoms with van der Waals surface area (Å²) >= 11 is 0. The van der Waals surface area contributed by atoms with Crippen molar-refractivity contribution in [1.29, 1.82) is 0 Å². The van der Waals surface area contributed by atoms with Gasteiger partial charge in [-0.25, -0.2) is 0 Å². The van der Waals surface area contributed by atoms with Crippen LogP contribution in [0.1, 0.15) is 23.5 Å². The Morgan fingerprint density at radius 1 is 0.875 bits per heavy atom. The lowest BCUT2D eigenvalue weighted by Gasteiger charge is -2.36. The van der Waals surface area contributed by atoms with Crippen molar-refractivity contribution in [3.05, 3.63) is 59.4 Å². The largest absolute Gasteiger partial charge is 0.459 e. The molecule has 1 amide bonds. The molecule has 0 radical (unpaired) electrons. The Kier molecular flexibility index (Phi) is 8.24. The Labute approximate surface area is 232 Å². The minimum atomic E-state index is -0.607. The van der Waals surface area contributed by atoms with E-state index in [2.05, 4.69) is 11.0 Å². The van der Waals surface area contributed by atoms with E-state index in [0.717, 1.165) is 42.3 Å². The number of fused-ring (bicyclic) bond motifs is 2. The van der Waals surface area contributed by atoms with E-state index < -0.39 is 6.29 Å². The van der Waals surface area contributed by atoms with E-state index in [9.17, 15) is 4.79 Å². The Hall–Kier alpha value is -3.51. The number of ether oxygens (including phenoxy) is 7. The van der Waals surface area contributed by atoms with Crippen LogP contribution in [-0.4, -0.2) is 93.3 Å². The fourth-order valence-corrected chi connectivity index (χ4v) is 5.25. The lowest BCUT2D eigenvalue weighted by atomic mass is 9.92. The van der Waals surface area contributed by atoms with Crippen molar-refractivity contribution >= 4 is 5.91 Å². The molecule has 1 fully saturated rings. The van der Waals surface area contributed by atoms with Crippen LogP contribution in [0.3, 0.4) is 0 Å². The second-order valence-corrected chi connectivity index (χ2v) is 10.00. The van der Waals surface area contributed by atoms with E-state index in [4.69, 9.17) is 38.3 Å². The van der Waals surface area contributed by atoms with Gasteiger partial charge in [-0.15, -0.1) is 0 Å². The smallest absolute Gasteiger partial charge is 0.288 e. The van der Waals surface area contributed by atoms with E-state index in [1.54, 1.807) is 0 Å². The predicted molar refractivity (Wildman–Crippen MR) is 141 cm³/mol. The summed E-state index contributed by atoms with van der Waals surface area (Å²) in [5.41, 5.74) is 2.15. The van der Waals surface area contributed by atoms with Crippen LogP contribution in [-0.2, 0) is 25.5 Å². The molecule has 11 heteroatoms. The van der Waals surface area contributed by atoms with E-state index in [1.807, 2.05) is 41.3 Å². The molecule has 11 nitrogen and oxygen atoms in total. The molecule has 0 aromatic heterocycles. The normalized spacial score (nSPS) is 21.7. The van der Waals surface area contributed by atoms with Crippen molar-refractivity contribution in [1.82, 2.24) is 9.80 Å². The van der Waals surface area contributed by atoms with E-state index in [1.165, 1.54) is 0 Å². The van der Waals surface area contributed by atoms with Gasteiger partial charge in [0.15, 0.2) is 28.8 Å². The SMILES string of the molecule is O=C(C1=C[C@H](c2ccc3c(c2)OCO3)C[C@H](OCCOCCO)O1)N1CCN(Cc2ccc3c(c2)OCO3)CC1. The molecule has 2 atom stereocenters. The second-order valence-electron chi connectivity index (χ2n) is 10.00. The van der Waals surface area contributed by atoms with Gasteiger partial charge < -0.3 is 43.2 Å². The van der Waals surface area contributed by atoms with Crippen LogP contribution in [0.15, 0.2) is 48.2 Å². The molecule has 40 heavy (non-hydrogen) atoms. The maximum atomic E-state index is 13.6. The van der Waals surface area contributed by atoms with Crippen LogP contribution in [0.2, 0.25) is 0 Å². The number of hydrogen-bond donors (Lipinski definition) is 1. The Morgan fingerprint density at radius 3 is 2.38 bits per heavy atom. The lowest BCUT2D eigenvalue weighted by molar-refractivity contribution is -0.157. The van der Waals surface area contributed by atoms with Crippen LogP contribution >= 0.6 is 0 Å². The molecule has 0 bridgehead atoms. The van der Waals surface area contributed by atoms with Crippen LogP contribution in [0, 0.1) is 0 Å². The maximum absolute atomic E-state index is 13.6. The van der Waals surface area contributed by atoms with Gasteiger partial charge in [0.2, 0.25) is 19.9 Å². The number of allylic oxidation sites excluding steroid dienone is 1. The molecule has 2 aromatic carbocycles. The van der Waals surface area contributed by atoms with Crippen LogP contribution in [0.5, 0.6) is 23.0 Å². The summed E-state index contributed by atoms with van der Waals surface area (Å²) in [6.07, 6.45) is 1.82. The first-order valence-electron chi connectivity index (χ1n) is 13.6. The zero-order valence-electron chi connectivity index (χ0n) is 22.3. The molecule has 1 saturated heterocycles. The van der Waals surface area contributed by atoms with Gasteiger partial charge in [0.25, 0.3) is 5.91 Å². The quantitative estimate of drug-likeness (QED) is 0.439. The minimum absolute atomic E-state index is 0.0442. The average molecular weight is 555 g/mol. The minimum Gasteiger partial charge on any atom is -0.459 e. The van der Waals surface area contributed by atoms with Gasteiger partial charge in [-0.2, -0.15) is 0 Å². The molecule has 214 valence electrons. The average Bonchev–Trinajstić information content (AvgIpc) is 3.66. The topological polar surface area (TPSA) is 108 Å². The number of aliphatic hydroxyl groups excluding tert-OH is 1. The first-order valence-corrected chi connectivity index (χ1v) is 13.6. The second kappa shape index (κ2) is 12.3. The summed E-state index contributed by atoms with van der Waals surface area (Å²) in [6.45, 7) is 4.75. The Morgan fingerprint density at radius 2 is 1.60 bits per heavy atom. The zero-order valence-corrected chi connectivity index (χ0v) is 22.3. The number of piperazine rings is 1. The van der Waals surface area contributed by atoms with E-state index in [-0.39, 0.29) is 38.6 Å². The standard InChI is InChI=1S/C29H34N2O9/c32-9-10-34-11-12-35-28-16-22(21-2-4-24-26(14-21)39-19-37-24)15-27(40-28)29(33)31-7-5-30(6-8-31)17-20-1-3-23-25(13-20)38-18-36-23/h1-4,13-15,22,28,32H,5-12,16-19H2/t22-,28+/m0/s1. The molecule has 2 aromatic rings. The van der Waals surface area contributed by atoms with Crippen molar-refractivity contribution in [3.8, 4) is 23.0 Å². The molecule has 0 spiro atoms. The summed E-state index contributed by atoms with van der Waals surface area (Å²) < 4.78 is 39.2. The number of aliphatic hydroxyl groups is 1. The molecular formula is C29H34N2O9. The van der Waals surface area contributed by atoms with Crippen molar-refractivity contribution in [2.45, 2.75) is 25.2 Å². The fourth-order valence-electron chi connectivity index (χ4n) is 5.25. The summed E-state index contributed by atoms with van der Waals surface area (Å²) in [5, 5.41) is 8.91. The van der Waals surface area contributed by atoms with Gasteiger partial charge in [-0.05, 0) is 41.5 Å². The lowest BCUT2D eigenvalue weighted by Crippen LogP contribution is -2.49. The third-order valence-electron chi connectivity index (χ3n) is 7.36. The molecule has 1 N–H and O–H groups in total. The van der Waals surface area contributed by atoms with Gasteiger partial charge in [-0.3, -0.25) is 9.69 Å². The molecule has 0 aliphatic carbocycles. The van der Waals surface area contributed by atoms with Gasteiger partial charge in [0, 0.05) is 45.1 Å². The zero-order chi connectivity index (χ0) is 27.3. The summed E-state index contributed by atoms with van der Waals surface area (Å²) in [4.78, 5) is 17.8. The molecule has 0 unspecified atom stereocenters. The van der Waals surface area contributed by atoms with Crippen LogP contribution < -0.4 is 18.9 Å². The van der Waals surface area contributed by atoms with E-state index >= 15 is 0 Å². The van der Waals surface area contributed by atoms with Gasteiger partial charge in [-0.1, -0.05) is 12.1 Å². The van der Waals surface area contributed by atoms with Crippen LogP contribution in [0.4, 0.5) is 0 Å². The van der Waals surface area contributed by atoms with Crippen molar-refractivity contribution < 1.29 is 43.1 Å². The monoisotopic (exact) mass is 554 g/mol. The molecule has 0 saturated carbocycles. The molecule has 4 aliphatic heterocycles. The summed E-state index contributed by atoms with van der Waals surface area (Å²) in [7, 11) is 0. The van der Waals surface area contributed by atoms with Crippen molar-refractivity contribution in [3.63, 3.8) is 0 Å². The third-order valence-corrected chi connectivity index (χ3v) is 7.36. The maximum Gasteiger partial charge on any atom is 0.288 e. The first-order chi connectivity index (χ1) is 19.7. The highest BCUT2D eigenvalue weighted by atomic mass is 16.7. The number of carbonyl (C=O) groups is 1. The van der Waals surface area contributed by atoms with Crippen molar-refractivity contribution in [2.75, 3.05) is 66.2 Å². The molecule has 6 rings (SSSR count). The third kappa shape index (κ3) is 6.12. The molecule has 4 heterocycles. The Bertz CT molecular complexity index is 1230. The Balaban J connectivity index is 1.09. The highest BCUT2D eigenvalue weighted by Crippen LogP contribution is 2.39. The highest BCUT2D eigenvalue weighted by Gasteiger charge is 2.33. The number of nitrogens with zero attached hydrogens (tertiary/aromatic N) is 2. The predicted octanol–water partition coefficient (Wildman–Crippen LogP) is 2.23. The number of carbonyl (C=O) groups excluding carboxylic acids is 1. The molecular weight excluding hydrogens is 520 g/mol. The highest BCUT2D eigenvalue weighted by molar-refractivity contribution is 5.92. The fraction of sp³-hybridized carbons (Fsp3) is 0.483. The van der Waals surface area contributed by atoms with Gasteiger partial charge >= 0.3 is 0 Å². The van der Waals surface area contributed by atoms with Gasteiger partial charge in [0.05, 0.1) is 26.4 Å². The number of benzene rings is 2. The van der Waals surface area contributed by atoms with Crippen molar-refractivity contribution in [2.24, 2.45) is 0 Å².